The van der Waals surface area contributed by atoms with Gasteiger partial charge in [-0.05, 0) is 30.0 Å². The van der Waals surface area contributed by atoms with Gasteiger partial charge in [-0.1, -0.05) is 28.1 Å². The van der Waals surface area contributed by atoms with Gasteiger partial charge in [-0.3, -0.25) is 4.79 Å². The second kappa shape index (κ2) is 4.97. The lowest BCUT2D eigenvalue weighted by Crippen LogP contribution is -2.04. The first-order valence-electron chi connectivity index (χ1n) is 5.22. The smallest absolute Gasteiger partial charge is 0.306 e. The van der Waals surface area contributed by atoms with E-state index in [1.807, 2.05) is 24.3 Å². The maximum Gasteiger partial charge on any atom is 0.306 e. The van der Waals surface area contributed by atoms with Gasteiger partial charge in [0.05, 0.1) is 19.1 Å². The molecule has 16 heavy (non-hydrogen) atoms. The van der Waals surface area contributed by atoms with Crippen LogP contribution >= 0.6 is 15.9 Å². The second-order valence-electron chi connectivity index (χ2n) is 4.08. The third-order valence-electron chi connectivity index (χ3n) is 2.75. The summed E-state index contributed by atoms with van der Waals surface area (Å²) in [6, 6.07) is 7.92. The Morgan fingerprint density at radius 2 is 2.12 bits per heavy atom. The van der Waals surface area contributed by atoms with Crippen LogP contribution in [0.3, 0.4) is 0 Å². The average Bonchev–Trinajstić information content (AvgIpc) is 3.01. The molecule has 0 heterocycles. The zero-order valence-electron chi connectivity index (χ0n) is 8.73. The number of aliphatic carboxylic acids is 1. The Hall–Kier alpha value is -0.870. The fourth-order valence-electron chi connectivity index (χ4n) is 1.64. The number of hydrogen-bond acceptors (Lipinski definition) is 2. The topological polar surface area (TPSA) is 46.5 Å². The molecule has 1 N–H and O–H groups in total. The van der Waals surface area contributed by atoms with Crippen LogP contribution in [0.25, 0.3) is 0 Å². The predicted octanol–water partition coefficient (Wildman–Crippen LogP) is 2.69. The van der Waals surface area contributed by atoms with E-state index in [0.717, 1.165) is 16.5 Å². The Morgan fingerprint density at radius 3 is 2.69 bits per heavy atom. The maximum atomic E-state index is 10.6. The molecule has 1 saturated carbocycles. The third kappa shape index (κ3) is 3.06. The number of rotatable bonds is 5. The number of carboxylic acids is 1. The molecule has 2 rings (SSSR count). The fraction of sp³-hybridized carbons (Fsp3) is 0.417. The summed E-state index contributed by atoms with van der Waals surface area (Å²) in [5.74, 6) is -0.657. The highest BCUT2D eigenvalue weighted by atomic mass is 79.9. The summed E-state index contributed by atoms with van der Waals surface area (Å²) in [5.41, 5.74) is 1.11. The molecular weight excluding hydrogens is 272 g/mol. The molecule has 0 aromatic heterocycles. The van der Waals surface area contributed by atoms with Crippen LogP contribution in [0.15, 0.2) is 28.7 Å². The van der Waals surface area contributed by atoms with E-state index in [9.17, 15) is 4.79 Å². The molecule has 1 aromatic rings. The first kappa shape index (κ1) is 11.6. The Morgan fingerprint density at radius 1 is 1.44 bits per heavy atom. The zero-order chi connectivity index (χ0) is 11.5. The van der Waals surface area contributed by atoms with Crippen molar-refractivity contribution in [2.45, 2.75) is 13.0 Å². The van der Waals surface area contributed by atoms with Crippen molar-refractivity contribution >= 4 is 21.9 Å². The van der Waals surface area contributed by atoms with Gasteiger partial charge in [-0.15, -0.1) is 0 Å². The lowest BCUT2D eigenvalue weighted by atomic mass is 10.2. The molecule has 2 unspecified atom stereocenters. The summed E-state index contributed by atoms with van der Waals surface area (Å²) >= 11 is 3.36. The highest BCUT2D eigenvalue weighted by molar-refractivity contribution is 9.10. The summed E-state index contributed by atoms with van der Waals surface area (Å²) in [6.45, 7) is 1.10. The molecule has 0 spiro atoms. The molecule has 1 aliphatic carbocycles. The monoisotopic (exact) mass is 284 g/mol. The molecule has 1 aliphatic rings. The number of halogens is 1. The van der Waals surface area contributed by atoms with Crippen LogP contribution in [-0.4, -0.2) is 17.7 Å². The molecule has 0 bridgehead atoms. The average molecular weight is 285 g/mol. The molecule has 0 radical (unpaired) electrons. The highest BCUT2D eigenvalue weighted by Gasteiger charge is 2.43. The van der Waals surface area contributed by atoms with Crippen LogP contribution in [-0.2, 0) is 16.1 Å². The minimum atomic E-state index is -0.697. The molecule has 4 heteroatoms. The summed E-state index contributed by atoms with van der Waals surface area (Å²) in [4.78, 5) is 10.6. The van der Waals surface area contributed by atoms with Crippen molar-refractivity contribution in [3.8, 4) is 0 Å². The Bertz CT molecular complexity index is 374. The van der Waals surface area contributed by atoms with Crippen molar-refractivity contribution in [2.24, 2.45) is 11.8 Å². The number of carbonyl (C=O) groups is 1. The molecule has 2 atom stereocenters. The van der Waals surface area contributed by atoms with E-state index < -0.39 is 5.97 Å². The molecule has 86 valence electrons. The van der Waals surface area contributed by atoms with Gasteiger partial charge < -0.3 is 9.84 Å². The fourth-order valence-corrected chi connectivity index (χ4v) is 1.91. The van der Waals surface area contributed by atoms with Crippen LogP contribution in [0.1, 0.15) is 12.0 Å². The van der Waals surface area contributed by atoms with Crippen LogP contribution in [0.2, 0.25) is 0 Å². The number of carboxylic acid groups (broad SMARTS) is 1. The van der Waals surface area contributed by atoms with E-state index in [2.05, 4.69) is 15.9 Å². The summed E-state index contributed by atoms with van der Waals surface area (Å²) < 4.78 is 6.53. The van der Waals surface area contributed by atoms with Crippen molar-refractivity contribution in [1.82, 2.24) is 0 Å². The molecule has 1 aromatic carbocycles. The SMILES string of the molecule is O=C(O)C1CC1COCc1ccc(Br)cc1. The number of benzene rings is 1. The Balaban J connectivity index is 1.69. The highest BCUT2D eigenvalue weighted by Crippen LogP contribution is 2.38. The summed E-state index contributed by atoms with van der Waals surface area (Å²) in [5, 5.41) is 8.71. The van der Waals surface area contributed by atoms with Crippen molar-refractivity contribution in [1.29, 1.82) is 0 Å². The van der Waals surface area contributed by atoms with E-state index in [1.54, 1.807) is 0 Å². The van der Waals surface area contributed by atoms with Crippen LogP contribution in [0, 0.1) is 11.8 Å². The van der Waals surface area contributed by atoms with Crippen LogP contribution in [0.5, 0.6) is 0 Å². The van der Waals surface area contributed by atoms with E-state index in [4.69, 9.17) is 9.84 Å². The van der Waals surface area contributed by atoms with Crippen molar-refractivity contribution in [3.63, 3.8) is 0 Å². The zero-order valence-corrected chi connectivity index (χ0v) is 10.3. The maximum absolute atomic E-state index is 10.6. The molecule has 0 amide bonds. The minimum absolute atomic E-state index is 0.176. The van der Waals surface area contributed by atoms with Gasteiger partial charge in [0.15, 0.2) is 0 Å². The summed E-state index contributed by atoms with van der Waals surface area (Å²) in [7, 11) is 0. The lowest BCUT2D eigenvalue weighted by molar-refractivity contribution is -0.139. The van der Waals surface area contributed by atoms with E-state index in [1.165, 1.54) is 0 Å². The molecule has 0 saturated heterocycles. The Kier molecular flexibility index (Phi) is 3.61. The van der Waals surface area contributed by atoms with Crippen LogP contribution < -0.4 is 0 Å². The minimum Gasteiger partial charge on any atom is -0.481 e. The number of ether oxygens (including phenoxy) is 1. The van der Waals surface area contributed by atoms with Crippen molar-refractivity contribution < 1.29 is 14.6 Å². The first-order valence-corrected chi connectivity index (χ1v) is 6.01. The van der Waals surface area contributed by atoms with E-state index in [0.29, 0.717) is 13.2 Å². The Labute approximate surface area is 103 Å². The summed E-state index contributed by atoms with van der Waals surface area (Å²) in [6.07, 6.45) is 0.760. The number of hydrogen-bond donors (Lipinski definition) is 1. The van der Waals surface area contributed by atoms with Gasteiger partial charge in [-0.2, -0.15) is 0 Å². The molecule has 3 nitrogen and oxygen atoms in total. The largest absolute Gasteiger partial charge is 0.481 e. The van der Waals surface area contributed by atoms with Gasteiger partial charge in [0.2, 0.25) is 0 Å². The van der Waals surface area contributed by atoms with Crippen molar-refractivity contribution in [3.05, 3.63) is 34.3 Å². The third-order valence-corrected chi connectivity index (χ3v) is 3.28. The van der Waals surface area contributed by atoms with Crippen molar-refractivity contribution in [2.75, 3.05) is 6.61 Å². The molecule has 0 aliphatic heterocycles. The second-order valence-corrected chi connectivity index (χ2v) is 5.00. The van der Waals surface area contributed by atoms with Gasteiger partial charge >= 0.3 is 5.97 Å². The molecular formula is C12H13BrO3. The lowest BCUT2D eigenvalue weighted by Gasteiger charge is -2.03. The normalized spacial score (nSPS) is 23.1. The van der Waals surface area contributed by atoms with Gasteiger partial charge in [-0.25, -0.2) is 0 Å². The van der Waals surface area contributed by atoms with Crippen LogP contribution in [0.4, 0.5) is 0 Å². The van der Waals surface area contributed by atoms with Gasteiger partial charge in [0, 0.05) is 4.47 Å². The van der Waals surface area contributed by atoms with Gasteiger partial charge in [0.1, 0.15) is 0 Å². The molecule has 1 fully saturated rings. The van der Waals surface area contributed by atoms with E-state index >= 15 is 0 Å². The first-order chi connectivity index (χ1) is 7.66. The predicted molar refractivity (Wildman–Crippen MR) is 63.0 cm³/mol. The standard InChI is InChI=1S/C12H13BrO3/c13-10-3-1-8(2-4-10)6-16-7-9-5-11(9)12(14)15/h1-4,9,11H,5-7H2,(H,14,15). The quantitative estimate of drug-likeness (QED) is 0.904. The van der Waals surface area contributed by atoms with E-state index in [-0.39, 0.29) is 11.8 Å². The van der Waals surface area contributed by atoms with Gasteiger partial charge in [0.25, 0.3) is 0 Å².